The highest BCUT2D eigenvalue weighted by molar-refractivity contribution is 5.96. The standard InChI is InChI=1S/C23H23NO7/c1-28-19-4-2-3-5-20(19)31-22-14-30-21-12-17(10-11-18(21)23(22)25)29-13-15-6-8-16(9-7-15)24(26)27/h2-9,14,17-18,21H,10-13H2,1H3. The number of allylic oxidation sites excluding steroid dienone is 1. The van der Waals surface area contributed by atoms with Crippen LogP contribution in [0.15, 0.2) is 60.6 Å². The van der Waals surface area contributed by atoms with Crippen molar-refractivity contribution in [1.82, 2.24) is 0 Å². The van der Waals surface area contributed by atoms with Crippen molar-refractivity contribution in [3.05, 3.63) is 76.2 Å². The van der Waals surface area contributed by atoms with Crippen LogP contribution in [0.25, 0.3) is 0 Å². The molecular weight excluding hydrogens is 402 g/mol. The van der Waals surface area contributed by atoms with Gasteiger partial charge < -0.3 is 18.9 Å². The van der Waals surface area contributed by atoms with Gasteiger partial charge in [-0.05, 0) is 42.7 Å². The van der Waals surface area contributed by atoms with E-state index in [-0.39, 0.29) is 35.4 Å². The van der Waals surface area contributed by atoms with Gasteiger partial charge in [-0.25, -0.2) is 0 Å². The van der Waals surface area contributed by atoms with Crippen LogP contribution in [-0.4, -0.2) is 30.0 Å². The van der Waals surface area contributed by atoms with Crippen molar-refractivity contribution in [3.8, 4) is 11.5 Å². The number of nitrogens with zero attached hydrogens (tertiary/aromatic N) is 1. The quantitative estimate of drug-likeness (QED) is 0.485. The number of hydrogen-bond donors (Lipinski definition) is 0. The van der Waals surface area contributed by atoms with E-state index < -0.39 is 4.92 Å². The Morgan fingerprint density at radius 1 is 1.10 bits per heavy atom. The molecule has 0 amide bonds. The Hall–Kier alpha value is -3.39. The topological polar surface area (TPSA) is 97.1 Å². The minimum atomic E-state index is -0.428. The summed E-state index contributed by atoms with van der Waals surface area (Å²) in [6, 6.07) is 13.4. The van der Waals surface area contributed by atoms with Gasteiger partial charge in [0.15, 0.2) is 11.5 Å². The Morgan fingerprint density at radius 3 is 2.55 bits per heavy atom. The molecule has 8 heteroatoms. The van der Waals surface area contributed by atoms with Crippen LogP contribution >= 0.6 is 0 Å². The summed E-state index contributed by atoms with van der Waals surface area (Å²) in [5.74, 6) is 0.842. The summed E-state index contributed by atoms with van der Waals surface area (Å²) in [7, 11) is 1.55. The van der Waals surface area contributed by atoms with E-state index in [1.165, 1.54) is 18.4 Å². The molecular formula is C23H23NO7. The van der Waals surface area contributed by atoms with Gasteiger partial charge in [-0.15, -0.1) is 0 Å². The molecule has 2 aliphatic rings. The largest absolute Gasteiger partial charge is 0.493 e. The number of methoxy groups -OCH3 is 1. The highest BCUT2D eigenvalue weighted by Gasteiger charge is 2.41. The van der Waals surface area contributed by atoms with E-state index in [1.807, 2.05) is 12.1 Å². The number of carbonyl (C=O) groups excluding carboxylic acids is 1. The molecule has 2 aromatic carbocycles. The summed E-state index contributed by atoms with van der Waals surface area (Å²) in [4.78, 5) is 23.2. The van der Waals surface area contributed by atoms with Crippen molar-refractivity contribution in [1.29, 1.82) is 0 Å². The molecule has 3 atom stereocenters. The number of nitro groups is 1. The third-order valence-electron chi connectivity index (χ3n) is 5.59. The molecule has 0 bridgehead atoms. The van der Waals surface area contributed by atoms with Crippen LogP contribution in [-0.2, 0) is 20.9 Å². The predicted molar refractivity (Wildman–Crippen MR) is 111 cm³/mol. The Kier molecular flexibility index (Phi) is 6.18. The fourth-order valence-electron chi connectivity index (χ4n) is 3.91. The van der Waals surface area contributed by atoms with Gasteiger partial charge in [-0.2, -0.15) is 0 Å². The Balaban J connectivity index is 1.34. The van der Waals surface area contributed by atoms with Crippen LogP contribution in [0.2, 0.25) is 0 Å². The van der Waals surface area contributed by atoms with Gasteiger partial charge in [0.25, 0.3) is 5.69 Å². The van der Waals surface area contributed by atoms with E-state index in [0.29, 0.717) is 30.9 Å². The first kappa shape index (κ1) is 20.9. The SMILES string of the molecule is COc1ccccc1OC1=COC2CC(OCc3ccc([N+](=O)[O-])cc3)CCC2C1=O. The summed E-state index contributed by atoms with van der Waals surface area (Å²) in [5, 5.41) is 10.7. The third kappa shape index (κ3) is 4.69. The number of carbonyl (C=O) groups is 1. The van der Waals surface area contributed by atoms with Crippen molar-refractivity contribution in [2.24, 2.45) is 5.92 Å². The fraction of sp³-hybridized carbons (Fsp3) is 0.348. The highest BCUT2D eigenvalue weighted by Crippen LogP contribution is 2.36. The zero-order valence-corrected chi connectivity index (χ0v) is 17.1. The monoisotopic (exact) mass is 425 g/mol. The normalized spacial score (nSPS) is 22.7. The molecule has 0 radical (unpaired) electrons. The van der Waals surface area contributed by atoms with Gasteiger partial charge in [-0.3, -0.25) is 14.9 Å². The summed E-state index contributed by atoms with van der Waals surface area (Å²) in [6.45, 7) is 0.353. The first-order valence-corrected chi connectivity index (χ1v) is 10.1. The predicted octanol–water partition coefficient (Wildman–Crippen LogP) is 4.18. The number of para-hydroxylation sites is 2. The Morgan fingerprint density at radius 2 is 1.84 bits per heavy atom. The van der Waals surface area contributed by atoms with Crippen LogP contribution in [0, 0.1) is 16.0 Å². The average molecular weight is 425 g/mol. The van der Waals surface area contributed by atoms with Crippen molar-refractivity contribution in [3.63, 3.8) is 0 Å². The molecule has 0 saturated heterocycles. The molecule has 1 aliphatic heterocycles. The molecule has 0 aromatic heterocycles. The number of Topliss-reactive ketones (excluding diaryl/α,β-unsaturated/α-hetero) is 1. The lowest BCUT2D eigenvalue weighted by Crippen LogP contribution is -2.42. The van der Waals surface area contributed by atoms with Gasteiger partial charge in [0.2, 0.25) is 11.5 Å². The molecule has 0 spiro atoms. The van der Waals surface area contributed by atoms with Crippen molar-refractivity contribution in [2.75, 3.05) is 7.11 Å². The van der Waals surface area contributed by atoms with E-state index in [4.69, 9.17) is 18.9 Å². The van der Waals surface area contributed by atoms with Gasteiger partial charge in [-0.1, -0.05) is 12.1 Å². The average Bonchev–Trinajstić information content (AvgIpc) is 2.80. The number of fused-ring (bicyclic) bond motifs is 1. The molecule has 2 aromatic rings. The third-order valence-corrected chi connectivity index (χ3v) is 5.59. The van der Waals surface area contributed by atoms with E-state index in [1.54, 1.807) is 31.4 Å². The van der Waals surface area contributed by atoms with E-state index in [2.05, 4.69) is 0 Å². The maximum atomic E-state index is 12.9. The fourth-order valence-corrected chi connectivity index (χ4v) is 3.91. The lowest BCUT2D eigenvalue weighted by molar-refractivity contribution is -0.384. The summed E-state index contributed by atoms with van der Waals surface area (Å²) in [5.41, 5.74) is 0.914. The van der Waals surface area contributed by atoms with Crippen LogP contribution in [0.4, 0.5) is 5.69 Å². The number of ketones is 1. The molecule has 1 fully saturated rings. The molecule has 1 aliphatic carbocycles. The number of benzene rings is 2. The molecule has 4 rings (SSSR count). The lowest BCUT2D eigenvalue weighted by Gasteiger charge is -2.37. The first-order chi connectivity index (χ1) is 15.0. The van der Waals surface area contributed by atoms with Crippen molar-refractivity contribution < 1.29 is 28.7 Å². The van der Waals surface area contributed by atoms with E-state index >= 15 is 0 Å². The summed E-state index contributed by atoms with van der Waals surface area (Å²) < 4.78 is 22.9. The molecule has 31 heavy (non-hydrogen) atoms. The second-order valence-corrected chi connectivity index (χ2v) is 7.55. The van der Waals surface area contributed by atoms with Crippen molar-refractivity contribution >= 4 is 11.5 Å². The summed E-state index contributed by atoms with van der Waals surface area (Å²) in [6.07, 6.45) is 3.05. The Labute approximate surface area is 179 Å². The number of rotatable bonds is 7. The summed E-state index contributed by atoms with van der Waals surface area (Å²) >= 11 is 0. The van der Waals surface area contributed by atoms with Crippen molar-refractivity contribution in [2.45, 2.75) is 38.1 Å². The lowest BCUT2D eigenvalue weighted by atomic mass is 9.80. The van der Waals surface area contributed by atoms with Gasteiger partial charge in [0.1, 0.15) is 12.4 Å². The van der Waals surface area contributed by atoms with Crippen LogP contribution in [0.1, 0.15) is 24.8 Å². The molecule has 8 nitrogen and oxygen atoms in total. The van der Waals surface area contributed by atoms with E-state index in [0.717, 1.165) is 12.0 Å². The maximum Gasteiger partial charge on any atom is 0.269 e. The van der Waals surface area contributed by atoms with E-state index in [9.17, 15) is 14.9 Å². The maximum absolute atomic E-state index is 12.9. The van der Waals surface area contributed by atoms with Gasteiger partial charge in [0, 0.05) is 18.6 Å². The van der Waals surface area contributed by atoms with Gasteiger partial charge >= 0.3 is 0 Å². The number of ether oxygens (including phenoxy) is 4. The minimum absolute atomic E-state index is 0.0469. The van der Waals surface area contributed by atoms with Crippen LogP contribution < -0.4 is 9.47 Å². The Bertz CT molecular complexity index is 986. The second kappa shape index (κ2) is 9.18. The molecule has 0 N–H and O–H groups in total. The second-order valence-electron chi connectivity index (χ2n) is 7.55. The number of non-ortho nitro benzene ring substituents is 1. The number of hydrogen-bond acceptors (Lipinski definition) is 7. The van der Waals surface area contributed by atoms with Crippen LogP contribution in [0.3, 0.4) is 0 Å². The first-order valence-electron chi connectivity index (χ1n) is 10.1. The molecule has 162 valence electrons. The van der Waals surface area contributed by atoms with Gasteiger partial charge in [0.05, 0.1) is 30.7 Å². The number of nitro benzene ring substituents is 1. The molecule has 3 unspecified atom stereocenters. The zero-order chi connectivity index (χ0) is 21.8. The molecule has 1 saturated carbocycles. The zero-order valence-electron chi connectivity index (χ0n) is 17.1. The highest BCUT2D eigenvalue weighted by atomic mass is 16.6. The molecule has 1 heterocycles. The van der Waals surface area contributed by atoms with Crippen LogP contribution in [0.5, 0.6) is 11.5 Å². The smallest absolute Gasteiger partial charge is 0.269 e. The minimum Gasteiger partial charge on any atom is -0.493 e.